The summed E-state index contributed by atoms with van der Waals surface area (Å²) >= 11 is 0. The van der Waals surface area contributed by atoms with Crippen LogP contribution in [0.5, 0.6) is 0 Å². The summed E-state index contributed by atoms with van der Waals surface area (Å²) < 4.78 is 64.5. The molecule has 0 spiro atoms. The number of nitrogens with zero attached hydrogens (tertiary/aromatic N) is 4. The molecule has 3 rings (SSSR count). The van der Waals surface area contributed by atoms with Gasteiger partial charge in [0.05, 0.1) is 19.0 Å². The van der Waals surface area contributed by atoms with E-state index in [9.17, 15) is 23.5 Å². The number of fused-ring (bicyclic) bond motifs is 1. The fourth-order valence-electron chi connectivity index (χ4n) is 2.93. The number of phosphoric ester groups is 2. The van der Waals surface area contributed by atoms with Gasteiger partial charge in [-0.25, -0.2) is 28.6 Å². The van der Waals surface area contributed by atoms with E-state index in [4.69, 9.17) is 31.0 Å². The SMILES string of the molecule is C#CCOC1CC(n2cnc3c(N)ncnc32)OC1COP(=O)(O)OP(=O)(O)OP(=O)(O)OC. The smallest absolute Gasteiger partial charge is 0.382 e. The van der Waals surface area contributed by atoms with E-state index < -0.39 is 48.5 Å². The largest absolute Gasteiger partial charge is 0.490 e. The van der Waals surface area contributed by atoms with Crippen molar-refractivity contribution in [1.82, 2.24) is 19.5 Å². The molecular formula is C14H20N5O12P3. The summed E-state index contributed by atoms with van der Waals surface area (Å²) in [6.45, 7) is -0.795. The first-order valence-electron chi connectivity index (χ1n) is 9.11. The number of nitrogens with two attached hydrogens (primary N) is 1. The van der Waals surface area contributed by atoms with Gasteiger partial charge in [0.25, 0.3) is 0 Å². The first-order valence-corrected chi connectivity index (χ1v) is 13.6. The van der Waals surface area contributed by atoms with Gasteiger partial charge < -0.3 is 29.9 Å². The van der Waals surface area contributed by atoms with Gasteiger partial charge in [0.15, 0.2) is 11.5 Å². The van der Waals surface area contributed by atoms with Gasteiger partial charge in [0, 0.05) is 13.5 Å². The number of ether oxygens (including phenoxy) is 2. The molecule has 34 heavy (non-hydrogen) atoms. The maximum atomic E-state index is 12.1. The molecule has 17 nitrogen and oxygen atoms in total. The molecule has 0 amide bonds. The zero-order valence-electron chi connectivity index (χ0n) is 17.3. The Kier molecular flexibility index (Phi) is 8.26. The maximum Gasteiger partial charge on any atom is 0.490 e. The molecule has 0 bridgehead atoms. The molecule has 0 aliphatic carbocycles. The van der Waals surface area contributed by atoms with Crippen LogP contribution in [0.25, 0.3) is 11.2 Å². The summed E-state index contributed by atoms with van der Waals surface area (Å²) in [5, 5.41) is 0. The van der Waals surface area contributed by atoms with Crippen molar-refractivity contribution in [3.8, 4) is 12.3 Å². The minimum Gasteiger partial charge on any atom is -0.382 e. The first-order chi connectivity index (χ1) is 15.9. The lowest BCUT2D eigenvalue weighted by Crippen LogP contribution is -2.29. The molecule has 6 atom stereocenters. The zero-order chi connectivity index (χ0) is 25.1. The molecule has 0 radical (unpaired) electrons. The highest BCUT2D eigenvalue weighted by molar-refractivity contribution is 7.66. The van der Waals surface area contributed by atoms with Crippen molar-refractivity contribution in [2.75, 3.05) is 26.1 Å². The predicted octanol–water partition coefficient (Wildman–Crippen LogP) is 0.712. The number of hydrogen-bond acceptors (Lipinski definition) is 13. The lowest BCUT2D eigenvalue weighted by atomic mass is 10.2. The Morgan fingerprint density at radius 3 is 2.59 bits per heavy atom. The monoisotopic (exact) mass is 543 g/mol. The summed E-state index contributed by atoms with van der Waals surface area (Å²) in [6.07, 6.45) is 5.56. The summed E-state index contributed by atoms with van der Waals surface area (Å²) in [7, 11) is -15.2. The van der Waals surface area contributed by atoms with E-state index in [0.29, 0.717) is 18.3 Å². The second-order valence-electron chi connectivity index (χ2n) is 6.55. The molecule has 0 aromatic carbocycles. The van der Waals surface area contributed by atoms with Gasteiger partial charge in [-0.1, -0.05) is 5.92 Å². The van der Waals surface area contributed by atoms with Crippen LogP contribution in [0, 0.1) is 12.3 Å². The van der Waals surface area contributed by atoms with Crippen LogP contribution in [0.2, 0.25) is 0 Å². The maximum absolute atomic E-state index is 12.1. The van der Waals surface area contributed by atoms with Gasteiger partial charge in [0.2, 0.25) is 0 Å². The van der Waals surface area contributed by atoms with Crippen LogP contribution in [0.3, 0.4) is 0 Å². The number of rotatable bonds is 11. The van der Waals surface area contributed by atoms with Crippen LogP contribution in [0.15, 0.2) is 12.7 Å². The molecule has 188 valence electrons. The average molecular weight is 543 g/mol. The Morgan fingerprint density at radius 1 is 1.21 bits per heavy atom. The minimum atomic E-state index is -5.54. The molecule has 1 fully saturated rings. The molecule has 0 saturated carbocycles. The van der Waals surface area contributed by atoms with E-state index in [0.717, 1.165) is 0 Å². The topological polar surface area (TPSA) is 237 Å². The first kappa shape index (κ1) is 26.8. The quantitative estimate of drug-likeness (QED) is 0.225. The summed E-state index contributed by atoms with van der Waals surface area (Å²) in [4.78, 5) is 40.4. The third-order valence-corrected chi connectivity index (χ3v) is 8.54. The van der Waals surface area contributed by atoms with Crippen molar-refractivity contribution in [2.24, 2.45) is 0 Å². The zero-order valence-corrected chi connectivity index (χ0v) is 20.0. The highest BCUT2D eigenvalue weighted by Gasteiger charge is 2.44. The number of aromatic nitrogens is 4. The third kappa shape index (κ3) is 6.67. The van der Waals surface area contributed by atoms with E-state index in [1.54, 1.807) is 0 Å². The van der Waals surface area contributed by atoms with Crippen molar-refractivity contribution in [3.63, 3.8) is 0 Å². The summed E-state index contributed by atoms with van der Waals surface area (Å²) in [5.41, 5.74) is 6.47. The molecule has 20 heteroatoms. The van der Waals surface area contributed by atoms with E-state index in [2.05, 4.69) is 34.0 Å². The Labute approximate surface area is 192 Å². The number of imidazole rings is 1. The standard InChI is InChI=1S/C14H20N5O12P3/c1-3-4-27-9-5-11(19-8-18-12-13(15)16-7-17-14(12)19)29-10(9)6-28-33(22,23)31-34(24,25)30-32(20,21)26-2/h1,7-11H,4-6H2,2H3,(H,20,21)(H,22,23)(H,24,25)(H2,15,16,17). The van der Waals surface area contributed by atoms with Gasteiger partial charge in [0.1, 0.15) is 30.8 Å². The van der Waals surface area contributed by atoms with Crippen LogP contribution in [-0.4, -0.2) is 66.7 Å². The van der Waals surface area contributed by atoms with E-state index in [1.165, 1.54) is 17.2 Å². The molecular weight excluding hydrogens is 523 g/mol. The minimum absolute atomic E-state index is 0.118. The Morgan fingerprint density at radius 2 is 1.91 bits per heavy atom. The normalized spacial score (nSPS) is 25.9. The molecule has 1 aliphatic rings. The van der Waals surface area contributed by atoms with Crippen LogP contribution >= 0.6 is 23.5 Å². The second-order valence-corrected chi connectivity index (χ2v) is 11.3. The molecule has 1 saturated heterocycles. The molecule has 2 aromatic rings. The van der Waals surface area contributed by atoms with Crippen molar-refractivity contribution in [1.29, 1.82) is 0 Å². The summed E-state index contributed by atoms with van der Waals surface area (Å²) in [5.74, 6) is 2.43. The fourth-order valence-corrected chi connectivity index (χ4v) is 6.20. The number of nitrogen functional groups attached to an aromatic ring is 1. The van der Waals surface area contributed by atoms with Crippen LogP contribution < -0.4 is 5.73 Å². The highest BCUT2D eigenvalue weighted by atomic mass is 31.3. The van der Waals surface area contributed by atoms with Gasteiger partial charge in [-0.15, -0.1) is 6.42 Å². The Balaban J connectivity index is 1.71. The molecule has 1 aliphatic heterocycles. The Bertz CT molecular complexity index is 1220. The van der Waals surface area contributed by atoms with E-state index >= 15 is 0 Å². The van der Waals surface area contributed by atoms with Crippen molar-refractivity contribution in [2.45, 2.75) is 24.9 Å². The highest BCUT2D eigenvalue weighted by Crippen LogP contribution is 2.67. The van der Waals surface area contributed by atoms with Crippen molar-refractivity contribution < 1.29 is 55.5 Å². The number of phosphoric acid groups is 3. The predicted molar refractivity (Wildman–Crippen MR) is 111 cm³/mol. The van der Waals surface area contributed by atoms with Crippen LogP contribution in [0.4, 0.5) is 5.82 Å². The molecule has 5 N–H and O–H groups in total. The number of terminal acetylenes is 1. The van der Waals surface area contributed by atoms with Gasteiger partial charge in [-0.2, -0.15) is 8.62 Å². The van der Waals surface area contributed by atoms with Crippen LogP contribution in [0.1, 0.15) is 12.6 Å². The van der Waals surface area contributed by atoms with Crippen LogP contribution in [-0.2, 0) is 40.8 Å². The fraction of sp³-hybridized carbons (Fsp3) is 0.500. The summed E-state index contributed by atoms with van der Waals surface area (Å²) in [6, 6.07) is 0. The van der Waals surface area contributed by atoms with Gasteiger partial charge in [-0.3, -0.25) is 13.6 Å². The third-order valence-electron chi connectivity index (χ3n) is 4.30. The van der Waals surface area contributed by atoms with Gasteiger partial charge in [-0.05, 0) is 0 Å². The lowest BCUT2D eigenvalue weighted by Gasteiger charge is -2.21. The van der Waals surface area contributed by atoms with Gasteiger partial charge >= 0.3 is 23.5 Å². The van der Waals surface area contributed by atoms with Crippen molar-refractivity contribution in [3.05, 3.63) is 12.7 Å². The number of hydrogen-bond donors (Lipinski definition) is 4. The molecule has 3 heterocycles. The average Bonchev–Trinajstić information content (AvgIpc) is 3.34. The molecule has 6 unspecified atom stereocenters. The molecule has 2 aromatic heterocycles. The second kappa shape index (κ2) is 10.5. The Hall–Kier alpha value is -1.76. The van der Waals surface area contributed by atoms with E-state index in [1.807, 2.05) is 0 Å². The lowest BCUT2D eigenvalue weighted by molar-refractivity contribution is -0.0544. The number of anilines is 1. The van der Waals surface area contributed by atoms with E-state index in [-0.39, 0.29) is 18.8 Å². The van der Waals surface area contributed by atoms with Crippen molar-refractivity contribution >= 4 is 40.4 Å².